The van der Waals surface area contributed by atoms with Gasteiger partial charge in [-0.15, -0.1) is 0 Å². The summed E-state index contributed by atoms with van der Waals surface area (Å²) >= 11 is 0. The van der Waals surface area contributed by atoms with Crippen LogP contribution in [0, 0.1) is 0 Å². The third-order valence-corrected chi connectivity index (χ3v) is 5.36. The van der Waals surface area contributed by atoms with Crippen LogP contribution >= 0.6 is 0 Å². The van der Waals surface area contributed by atoms with Gasteiger partial charge in [-0.25, -0.2) is 0 Å². The first-order valence-electron chi connectivity index (χ1n) is 8.91. The van der Waals surface area contributed by atoms with E-state index in [9.17, 15) is 9.59 Å². The predicted molar refractivity (Wildman–Crippen MR) is 97.9 cm³/mol. The van der Waals surface area contributed by atoms with Crippen molar-refractivity contribution in [1.82, 2.24) is 0 Å². The number of furan rings is 1. The number of esters is 1. The summed E-state index contributed by atoms with van der Waals surface area (Å²) in [5, 5.41) is 0. The van der Waals surface area contributed by atoms with Crippen LogP contribution in [-0.4, -0.2) is 11.9 Å². The number of benzene rings is 2. The van der Waals surface area contributed by atoms with E-state index in [4.69, 9.17) is 9.15 Å². The van der Waals surface area contributed by atoms with Crippen molar-refractivity contribution in [2.45, 2.75) is 24.5 Å². The number of ether oxygens (including phenoxy) is 1. The largest absolute Gasteiger partial charge is 0.469 e. The van der Waals surface area contributed by atoms with Crippen LogP contribution in [-0.2, 0) is 26.5 Å². The first-order valence-corrected chi connectivity index (χ1v) is 8.91. The quantitative estimate of drug-likeness (QED) is 0.668. The molecule has 0 aliphatic carbocycles. The van der Waals surface area contributed by atoms with Gasteiger partial charge in [0.2, 0.25) is 5.60 Å². The van der Waals surface area contributed by atoms with Gasteiger partial charge >= 0.3 is 5.97 Å². The lowest BCUT2D eigenvalue weighted by Crippen LogP contribution is -2.43. The van der Waals surface area contributed by atoms with E-state index in [2.05, 4.69) is 0 Å². The van der Waals surface area contributed by atoms with Crippen molar-refractivity contribution in [3.8, 4) is 0 Å². The van der Waals surface area contributed by atoms with E-state index in [1.165, 1.54) is 0 Å². The Kier molecular flexibility index (Phi) is 3.44. The molecule has 5 nitrogen and oxygen atoms in total. The number of hydrogen-bond acceptors (Lipinski definition) is 4. The molecule has 2 atom stereocenters. The van der Waals surface area contributed by atoms with Crippen molar-refractivity contribution in [3.05, 3.63) is 89.9 Å². The normalized spacial score (nSPS) is 23.7. The fourth-order valence-electron chi connectivity index (χ4n) is 4.20. The number of nitrogens with zero attached hydrogens (tertiary/aromatic N) is 1. The lowest BCUT2D eigenvalue weighted by Gasteiger charge is -2.27. The smallest absolute Gasteiger partial charge is 0.308 e. The molecular formula is C22H17NO4. The fraction of sp³-hybridized carbons (Fsp3) is 0.182. The second-order valence-corrected chi connectivity index (χ2v) is 6.88. The molecule has 0 N–H and O–H groups in total. The molecule has 5 rings (SSSR count). The molecular weight excluding hydrogens is 342 g/mol. The van der Waals surface area contributed by atoms with Gasteiger partial charge in [-0.1, -0.05) is 48.5 Å². The van der Waals surface area contributed by atoms with E-state index in [1.807, 2.05) is 54.6 Å². The maximum absolute atomic E-state index is 13.6. The van der Waals surface area contributed by atoms with Crippen molar-refractivity contribution >= 4 is 17.6 Å². The van der Waals surface area contributed by atoms with Crippen LogP contribution in [0.4, 0.5) is 5.69 Å². The van der Waals surface area contributed by atoms with Crippen LogP contribution in [0.1, 0.15) is 29.2 Å². The van der Waals surface area contributed by atoms with Crippen LogP contribution in [0.15, 0.2) is 77.4 Å². The highest BCUT2D eigenvalue weighted by Crippen LogP contribution is 2.55. The number of anilines is 1. The molecule has 0 saturated carbocycles. The van der Waals surface area contributed by atoms with Crippen LogP contribution in [0.3, 0.4) is 0 Å². The number of carbonyl (C=O) groups is 2. The molecule has 0 unspecified atom stereocenters. The molecule has 3 aromatic rings. The topological polar surface area (TPSA) is 59.8 Å². The van der Waals surface area contributed by atoms with Gasteiger partial charge in [-0.05, 0) is 23.8 Å². The highest BCUT2D eigenvalue weighted by atomic mass is 16.6. The Labute approximate surface area is 156 Å². The zero-order chi connectivity index (χ0) is 18.4. The Balaban J connectivity index is 1.65. The number of hydrogen-bond donors (Lipinski definition) is 0. The molecule has 27 heavy (non-hydrogen) atoms. The van der Waals surface area contributed by atoms with Gasteiger partial charge in [0.25, 0.3) is 5.91 Å². The minimum atomic E-state index is -1.36. The molecule has 1 fully saturated rings. The average Bonchev–Trinajstić information content (AvgIpc) is 3.39. The van der Waals surface area contributed by atoms with E-state index in [0.717, 1.165) is 16.8 Å². The molecule has 5 heteroatoms. The average molecular weight is 359 g/mol. The lowest BCUT2D eigenvalue weighted by molar-refractivity contribution is -0.158. The van der Waals surface area contributed by atoms with Gasteiger partial charge < -0.3 is 14.1 Å². The maximum Gasteiger partial charge on any atom is 0.308 e. The molecule has 3 heterocycles. The van der Waals surface area contributed by atoms with E-state index in [1.54, 1.807) is 23.3 Å². The third kappa shape index (κ3) is 2.24. The predicted octanol–water partition coefficient (Wildman–Crippen LogP) is 3.75. The van der Waals surface area contributed by atoms with Crippen molar-refractivity contribution in [1.29, 1.82) is 0 Å². The molecule has 1 saturated heterocycles. The van der Waals surface area contributed by atoms with Gasteiger partial charge in [-0.2, -0.15) is 0 Å². The van der Waals surface area contributed by atoms with Gasteiger partial charge in [0, 0.05) is 5.56 Å². The number of para-hydroxylation sites is 1. The van der Waals surface area contributed by atoms with Crippen LogP contribution in [0.2, 0.25) is 0 Å². The molecule has 0 bridgehead atoms. The summed E-state index contributed by atoms with van der Waals surface area (Å²) in [6, 6.07) is 20.9. The summed E-state index contributed by atoms with van der Waals surface area (Å²) in [5.41, 5.74) is 1.15. The monoisotopic (exact) mass is 359 g/mol. The molecule has 1 aromatic heterocycles. The zero-order valence-corrected chi connectivity index (χ0v) is 14.5. The molecule has 2 aliphatic rings. The van der Waals surface area contributed by atoms with E-state index >= 15 is 0 Å². The SMILES string of the molecule is O=C1C[C@@H](c2ccco2)[C@@]2(O1)C(=O)N(Cc1ccccc1)c1ccccc12. The Hall–Kier alpha value is -3.34. The van der Waals surface area contributed by atoms with Crippen LogP contribution < -0.4 is 4.90 Å². The Morgan fingerprint density at radius 1 is 0.963 bits per heavy atom. The van der Waals surface area contributed by atoms with Gasteiger partial charge in [0.05, 0.1) is 30.8 Å². The van der Waals surface area contributed by atoms with Crippen molar-refractivity contribution in [3.63, 3.8) is 0 Å². The van der Waals surface area contributed by atoms with Gasteiger partial charge in [0.1, 0.15) is 5.76 Å². The summed E-state index contributed by atoms with van der Waals surface area (Å²) in [7, 11) is 0. The van der Waals surface area contributed by atoms with Gasteiger partial charge in [0.15, 0.2) is 0 Å². The maximum atomic E-state index is 13.6. The van der Waals surface area contributed by atoms with E-state index in [0.29, 0.717) is 12.3 Å². The van der Waals surface area contributed by atoms with Crippen molar-refractivity contribution in [2.24, 2.45) is 0 Å². The molecule has 1 spiro atoms. The molecule has 2 aromatic carbocycles. The molecule has 134 valence electrons. The second kappa shape index (κ2) is 5.84. The fourth-order valence-corrected chi connectivity index (χ4v) is 4.20. The standard InChI is InChI=1S/C22H17NO4/c24-20-13-17(19-11-6-12-26-19)22(27-20)16-9-4-5-10-18(16)23(21(22)25)14-15-7-2-1-3-8-15/h1-12,17H,13-14H2/t17-,22+/m0/s1. The number of rotatable bonds is 3. The summed E-state index contributed by atoms with van der Waals surface area (Å²) in [4.78, 5) is 27.7. The first kappa shape index (κ1) is 15.9. The molecule has 2 aliphatic heterocycles. The molecule has 1 amide bonds. The Bertz CT molecular complexity index is 1010. The lowest BCUT2D eigenvalue weighted by atomic mass is 9.80. The van der Waals surface area contributed by atoms with Crippen molar-refractivity contribution < 1.29 is 18.7 Å². The van der Waals surface area contributed by atoms with E-state index in [-0.39, 0.29) is 18.3 Å². The summed E-state index contributed by atoms with van der Waals surface area (Å²) in [6.07, 6.45) is 1.67. The first-order chi connectivity index (χ1) is 13.2. The highest BCUT2D eigenvalue weighted by Gasteiger charge is 2.64. The minimum Gasteiger partial charge on any atom is -0.469 e. The second-order valence-electron chi connectivity index (χ2n) is 6.88. The van der Waals surface area contributed by atoms with E-state index < -0.39 is 11.5 Å². The third-order valence-electron chi connectivity index (χ3n) is 5.36. The van der Waals surface area contributed by atoms with Gasteiger partial charge in [-0.3, -0.25) is 9.59 Å². The van der Waals surface area contributed by atoms with Crippen molar-refractivity contribution in [2.75, 3.05) is 4.90 Å². The summed E-state index contributed by atoms with van der Waals surface area (Å²) in [5.74, 6) is -0.499. The number of amides is 1. The Morgan fingerprint density at radius 2 is 1.74 bits per heavy atom. The van der Waals surface area contributed by atoms with Crippen LogP contribution in [0.25, 0.3) is 0 Å². The highest BCUT2D eigenvalue weighted by molar-refractivity contribution is 6.09. The number of fused-ring (bicyclic) bond motifs is 2. The summed E-state index contributed by atoms with van der Waals surface area (Å²) < 4.78 is 11.3. The summed E-state index contributed by atoms with van der Waals surface area (Å²) in [6.45, 7) is 0.418. The Morgan fingerprint density at radius 3 is 2.52 bits per heavy atom. The zero-order valence-electron chi connectivity index (χ0n) is 14.5. The van der Waals surface area contributed by atoms with Crippen LogP contribution in [0.5, 0.6) is 0 Å². The minimum absolute atomic E-state index is 0.118. The molecule has 0 radical (unpaired) electrons. The number of carbonyl (C=O) groups excluding carboxylic acids is 2.